The van der Waals surface area contributed by atoms with Crippen LogP contribution in [0.3, 0.4) is 0 Å². The number of amidine groups is 1. The first-order valence-electron chi connectivity index (χ1n) is 8.62. The zero-order valence-corrected chi connectivity index (χ0v) is 15.2. The first-order valence-corrected chi connectivity index (χ1v) is 10.1. The molecule has 27 heavy (non-hydrogen) atoms. The minimum atomic E-state index is -3.59. The van der Waals surface area contributed by atoms with Crippen molar-refractivity contribution >= 4 is 32.6 Å². The third kappa shape index (κ3) is 2.62. The van der Waals surface area contributed by atoms with E-state index in [1.807, 2.05) is 23.1 Å². The molecule has 5 rings (SSSR count). The smallest absolute Gasteiger partial charge is 0.285 e. The lowest BCUT2D eigenvalue weighted by Crippen LogP contribution is -2.49. The average Bonchev–Trinajstić information content (AvgIpc) is 2.99. The zero-order chi connectivity index (χ0) is 18.4. The Morgan fingerprint density at radius 2 is 1.70 bits per heavy atom. The number of aromatic nitrogens is 3. The van der Waals surface area contributed by atoms with Gasteiger partial charge in [0.15, 0.2) is 5.84 Å². The van der Waals surface area contributed by atoms with Crippen LogP contribution in [0.4, 0.5) is 5.82 Å². The van der Waals surface area contributed by atoms with Gasteiger partial charge in [0.25, 0.3) is 10.0 Å². The van der Waals surface area contributed by atoms with Crippen LogP contribution in [0.2, 0.25) is 0 Å². The highest BCUT2D eigenvalue weighted by molar-refractivity contribution is 7.90. The molecule has 2 aliphatic heterocycles. The Bertz CT molecular complexity index is 1160. The number of sulfonamides is 1. The molecular weight excluding hydrogens is 364 g/mol. The molecular formula is C18H16N6O2S. The summed E-state index contributed by atoms with van der Waals surface area (Å²) in [7, 11) is -3.59. The normalized spacial score (nSPS) is 18.4. The Hall–Kier alpha value is -3.07. The van der Waals surface area contributed by atoms with E-state index in [9.17, 15) is 8.42 Å². The van der Waals surface area contributed by atoms with Gasteiger partial charge in [-0.3, -0.25) is 4.98 Å². The summed E-state index contributed by atoms with van der Waals surface area (Å²) in [5, 5.41) is 0.965. The molecule has 0 aliphatic carbocycles. The third-order valence-electron chi connectivity index (χ3n) is 4.91. The number of piperazine rings is 1. The van der Waals surface area contributed by atoms with Crippen LogP contribution in [-0.4, -0.2) is 60.3 Å². The van der Waals surface area contributed by atoms with E-state index in [2.05, 4.69) is 24.2 Å². The average molecular weight is 380 g/mol. The Morgan fingerprint density at radius 1 is 0.926 bits per heavy atom. The lowest BCUT2D eigenvalue weighted by Gasteiger charge is -2.36. The summed E-state index contributed by atoms with van der Waals surface area (Å²) in [6.45, 7) is 2.77. The van der Waals surface area contributed by atoms with E-state index in [0.29, 0.717) is 24.5 Å². The molecule has 1 saturated heterocycles. The summed E-state index contributed by atoms with van der Waals surface area (Å²) in [4.78, 5) is 17.3. The van der Waals surface area contributed by atoms with Crippen LogP contribution in [0.15, 0.2) is 58.3 Å². The number of rotatable bonds is 1. The first kappa shape index (κ1) is 16.1. The second-order valence-corrected chi connectivity index (χ2v) is 8.02. The Balaban J connectivity index is 1.41. The van der Waals surface area contributed by atoms with Crippen molar-refractivity contribution in [2.24, 2.45) is 4.40 Å². The quantitative estimate of drug-likeness (QED) is 0.628. The monoisotopic (exact) mass is 380 g/mol. The number of fused-ring (bicyclic) bond motifs is 2. The predicted molar refractivity (Wildman–Crippen MR) is 101 cm³/mol. The number of benzene rings is 1. The molecule has 0 unspecified atom stereocenters. The topological polar surface area (TPSA) is 91.7 Å². The number of hydrogen-bond donors (Lipinski definition) is 0. The van der Waals surface area contributed by atoms with E-state index in [1.54, 1.807) is 30.9 Å². The van der Waals surface area contributed by atoms with Crippen LogP contribution >= 0.6 is 0 Å². The van der Waals surface area contributed by atoms with Crippen LogP contribution < -0.4 is 4.90 Å². The van der Waals surface area contributed by atoms with Crippen molar-refractivity contribution in [2.45, 2.75) is 4.90 Å². The molecule has 0 atom stereocenters. The van der Waals surface area contributed by atoms with Gasteiger partial charge in [-0.2, -0.15) is 8.42 Å². The summed E-state index contributed by atoms with van der Waals surface area (Å²) in [6.07, 6.45) is 5.02. The lowest BCUT2D eigenvalue weighted by atomic mass is 10.1. The summed E-state index contributed by atoms with van der Waals surface area (Å²) in [5.41, 5.74) is 1.50. The van der Waals surface area contributed by atoms with Gasteiger partial charge in [0.1, 0.15) is 17.0 Å². The summed E-state index contributed by atoms with van der Waals surface area (Å²) >= 11 is 0. The van der Waals surface area contributed by atoms with Gasteiger partial charge in [-0.15, -0.1) is 4.40 Å². The van der Waals surface area contributed by atoms with E-state index >= 15 is 0 Å². The fourth-order valence-corrected chi connectivity index (χ4v) is 4.82. The minimum Gasteiger partial charge on any atom is -0.352 e. The molecule has 1 aromatic carbocycles. The number of pyridine rings is 1. The van der Waals surface area contributed by atoms with Crippen molar-refractivity contribution in [3.05, 3.63) is 54.6 Å². The molecule has 136 valence electrons. The van der Waals surface area contributed by atoms with E-state index in [-0.39, 0.29) is 4.90 Å². The summed E-state index contributed by atoms with van der Waals surface area (Å²) in [5.74, 6) is 1.42. The number of hydrogen-bond acceptors (Lipinski definition) is 7. The maximum atomic E-state index is 12.3. The van der Waals surface area contributed by atoms with Crippen molar-refractivity contribution in [1.29, 1.82) is 0 Å². The molecule has 2 aliphatic rings. The van der Waals surface area contributed by atoms with E-state index in [0.717, 1.165) is 29.8 Å². The predicted octanol–water partition coefficient (Wildman–Crippen LogP) is 1.30. The number of nitrogens with zero attached hydrogens (tertiary/aromatic N) is 6. The van der Waals surface area contributed by atoms with E-state index in [4.69, 9.17) is 0 Å². The molecule has 0 bridgehead atoms. The molecule has 8 nitrogen and oxygen atoms in total. The van der Waals surface area contributed by atoms with Gasteiger partial charge in [-0.1, -0.05) is 12.1 Å². The van der Waals surface area contributed by atoms with Gasteiger partial charge >= 0.3 is 0 Å². The number of anilines is 1. The fourth-order valence-electron chi connectivity index (χ4n) is 3.59. The van der Waals surface area contributed by atoms with Crippen molar-refractivity contribution in [2.75, 3.05) is 31.1 Å². The largest absolute Gasteiger partial charge is 0.352 e. The van der Waals surface area contributed by atoms with Crippen molar-refractivity contribution < 1.29 is 8.42 Å². The van der Waals surface area contributed by atoms with Crippen molar-refractivity contribution in [1.82, 2.24) is 19.9 Å². The van der Waals surface area contributed by atoms with Crippen LogP contribution in [-0.2, 0) is 10.0 Å². The van der Waals surface area contributed by atoms with Gasteiger partial charge < -0.3 is 9.80 Å². The van der Waals surface area contributed by atoms with Gasteiger partial charge in [-0.25, -0.2) is 9.97 Å². The summed E-state index contributed by atoms with van der Waals surface area (Å²) in [6, 6.07) is 8.91. The second kappa shape index (κ2) is 5.98. The fraction of sp³-hybridized carbons (Fsp3) is 0.222. The zero-order valence-electron chi connectivity index (χ0n) is 14.4. The highest BCUT2D eigenvalue weighted by Gasteiger charge is 2.33. The van der Waals surface area contributed by atoms with Crippen LogP contribution in [0.1, 0.15) is 5.56 Å². The standard InChI is InChI=1S/C18H16N6O2S/c25-27(26)16-4-2-1-3-14(16)18(22-27)24-9-7-23(8-10-24)17-13-5-6-19-11-15(13)20-12-21-17/h1-6,11-12H,7-10H2. The van der Waals surface area contributed by atoms with Gasteiger partial charge in [0, 0.05) is 43.3 Å². The Labute approximate surface area is 156 Å². The highest BCUT2D eigenvalue weighted by Crippen LogP contribution is 2.29. The van der Waals surface area contributed by atoms with Crippen molar-refractivity contribution in [3.63, 3.8) is 0 Å². The van der Waals surface area contributed by atoms with Crippen molar-refractivity contribution in [3.8, 4) is 0 Å². The molecule has 4 heterocycles. The molecule has 1 fully saturated rings. The molecule has 0 radical (unpaired) electrons. The SMILES string of the molecule is O=S1(=O)N=C(N2CCN(c3ncnc4cnccc34)CC2)c2ccccc21. The van der Waals surface area contributed by atoms with E-state index < -0.39 is 10.0 Å². The Kier molecular flexibility index (Phi) is 3.57. The Morgan fingerprint density at radius 3 is 2.56 bits per heavy atom. The van der Waals surface area contributed by atoms with Crippen LogP contribution in [0, 0.1) is 0 Å². The third-order valence-corrected chi connectivity index (χ3v) is 6.23. The molecule has 0 N–H and O–H groups in total. The molecule has 3 aromatic rings. The maximum absolute atomic E-state index is 12.3. The molecule has 9 heteroatoms. The molecule has 0 amide bonds. The summed E-state index contributed by atoms with van der Waals surface area (Å²) < 4.78 is 28.6. The van der Waals surface area contributed by atoms with Gasteiger partial charge in [-0.05, 0) is 18.2 Å². The van der Waals surface area contributed by atoms with E-state index in [1.165, 1.54) is 0 Å². The molecule has 2 aromatic heterocycles. The van der Waals surface area contributed by atoms with Crippen LogP contribution in [0.25, 0.3) is 10.9 Å². The van der Waals surface area contributed by atoms with Crippen LogP contribution in [0.5, 0.6) is 0 Å². The molecule has 0 saturated carbocycles. The highest BCUT2D eigenvalue weighted by atomic mass is 32.2. The van der Waals surface area contributed by atoms with Gasteiger partial charge in [0.2, 0.25) is 0 Å². The lowest BCUT2D eigenvalue weighted by molar-refractivity contribution is 0.386. The molecule has 0 spiro atoms. The first-order chi connectivity index (χ1) is 13.1. The minimum absolute atomic E-state index is 0.289. The van der Waals surface area contributed by atoms with Gasteiger partial charge in [0.05, 0.1) is 11.7 Å². The maximum Gasteiger partial charge on any atom is 0.285 e. The second-order valence-electron chi connectivity index (χ2n) is 6.45.